The Bertz CT molecular complexity index is 1090. The van der Waals surface area contributed by atoms with Crippen LogP contribution >= 0.6 is 12.2 Å². The maximum Gasteiger partial charge on any atom is 0.170 e. The predicted octanol–water partition coefficient (Wildman–Crippen LogP) is 4.46. The highest BCUT2D eigenvalue weighted by atomic mass is 32.1. The van der Waals surface area contributed by atoms with Crippen LogP contribution in [0.2, 0.25) is 0 Å². The van der Waals surface area contributed by atoms with Gasteiger partial charge in [0.25, 0.3) is 0 Å². The lowest BCUT2D eigenvalue weighted by Gasteiger charge is -2.28. The van der Waals surface area contributed by atoms with Gasteiger partial charge in [-0.05, 0) is 87.3 Å². The first-order valence-corrected chi connectivity index (χ1v) is 11.2. The molecule has 31 heavy (non-hydrogen) atoms. The minimum Gasteiger partial charge on any atom is -0.396 e. The third-order valence-corrected chi connectivity index (χ3v) is 6.71. The van der Waals surface area contributed by atoms with E-state index in [2.05, 4.69) is 71.7 Å². The number of aliphatic hydroxyl groups is 1. The normalized spacial score (nSPS) is 18.5. The Morgan fingerprint density at radius 2 is 1.90 bits per heavy atom. The Labute approximate surface area is 189 Å². The molecule has 162 valence electrons. The molecule has 1 aromatic carbocycles. The van der Waals surface area contributed by atoms with Crippen LogP contribution in [0.3, 0.4) is 0 Å². The zero-order chi connectivity index (χ0) is 22.1. The van der Waals surface area contributed by atoms with Gasteiger partial charge in [-0.3, -0.25) is 4.98 Å². The number of hydrogen-bond donors (Lipinski definition) is 2. The lowest BCUT2D eigenvalue weighted by atomic mass is 9.96. The van der Waals surface area contributed by atoms with E-state index in [0.29, 0.717) is 18.1 Å². The van der Waals surface area contributed by atoms with Crippen molar-refractivity contribution in [3.63, 3.8) is 0 Å². The lowest BCUT2D eigenvalue weighted by Crippen LogP contribution is -2.31. The number of rotatable bonds is 6. The molecule has 0 bridgehead atoms. The highest BCUT2D eigenvalue weighted by Crippen LogP contribution is 2.41. The van der Waals surface area contributed by atoms with Gasteiger partial charge in [0, 0.05) is 36.4 Å². The minimum absolute atomic E-state index is 0.0130. The summed E-state index contributed by atoms with van der Waals surface area (Å²) < 4.78 is 2.35. The topological polar surface area (TPSA) is 53.3 Å². The summed E-state index contributed by atoms with van der Waals surface area (Å²) in [6.07, 6.45) is 2.50. The van der Waals surface area contributed by atoms with Crippen LogP contribution in [0.15, 0.2) is 48.7 Å². The summed E-state index contributed by atoms with van der Waals surface area (Å²) in [5.41, 5.74) is 8.39. The van der Waals surface area contributed by atoms with Gasteiger partial charge in [-0.1, -0.05) is 18.2 Å². The van der Waals surface area contributed by atoms with E-state index in [0.717, 1.165) is 5.69 Å². The summed E-state index contributed by atoms with van der Waals surface area (Å²) in [5.74, 6) is 0. The first-order valence-electron chi connectivity index (χ1n) is 10.8. The Morgan fingerprint density at radius 3 is 2.61 bits per heavy atom. The fourth-order valence-corrected chi connectivity index (χ4v) is 4.99. The predicted molar refractivity (Wildman–Crippen MR) is 129 cm³/mol. The Morgan fingerprint density at radius 1 is 1.10 bits per heavy atom. The van der Waals surface area contributed by atoms with E-state index in [-0.39, 0.29) is 18.7 Å². The molecule has 3 heterocycles. The Hall–Kier alpha value is -2.70. The molecule has 1 saturated heterocycles. The van der Waals surface area contributed by atoms with Crippen molar-refractivity contribution < 1.29 is 5.11 Å². The maximum absolute atomic E-state index is 9.45. The van der Waals surface area contributed by atoms with Crippen LogP contribution < -0.4 is 5.32 Å². The number of nitrogens with one attached hydrogen (secondary N) is 1. The summed E-state index contributed by atoms with van der Waals surface area (Å²) in [4.78, 5) is 6.83. The van der Waals surface area contributed by atoms with E-state index < -0.39 is 0 Å². The van der Waals surface area contributed by atoms with E-state index in [1.807, 2.05) is 24.4 Å². The molecule has 0 radical (unpaired) electrons. The molecule has 2 atom stereocenters. The van der Waals surface area contributed by atoms with Gasteiger partial charge in [0.15, 0.2) is 5.11 Å². The fourth-order valence-electron chi connectivity index (χ4n) is 4.66. The van der Waals surface area contributed by atoms with Crippen LogP contribution in [0.5, 0.6) is 0 Å². The maximum atomic E-state index is 9.45. The SMILES string of the molecule is Cc1cccc(-n2c(C)cc([C@H]3[C@H](c4ccccn4)NC(=S)N3CCCO)c2C)c1C. The van der Waals surface area contributed by atoms with E-state index in [4.69, 9.17) is 12.2 Å². The summed E-state index contributed by atoms with van der Waals surface area (Å²) in [6, 6.07) is 14.7. The number of aliphatic hydroxyl groups excluding tert-OH is 1. The first kappa shape index (κ1) is 21.5. The van der Waals surface area contributed by atoms with Gasteiger partial charge in [0.1, 0.15) is 0 Å². The first-order chi connectivity index (χ1) is 14.9. The van der Waals surface area contributed by atoms with Gasteiger partial charge in [-0.2, -0.15) is 0 Å². The fraction of sp³-hybridized carbons (Fsp3) is 0.360. The average Bonchev–Trinajstić information content (AvgIpc) is 3.24. The van der Waals surface area contributed by atoms with Gasteiger partial charge >= 0.3 is 0 Å². The largest absolute Gasteiger partial charge is 0.396 e. The molecule has 6 heteroatoms. The standard InChI is InChI=1S/C25H30N4OS/c1-16-9-7-11-22(18(16)3)29-17(2)15-20(19(29)4)24-23(21-10-5-6-12-26-21)27-25(31)28(24)13-8-14-30/h5-7,9-12,15,23-24,30H,8,13-14H2,1-4H3,(H,27,31)/t23-,24-/m0/s1. The monoisotopic (exact) mass is 434 g/mol. The quantitative estimate of drug-likeness (QED) is 0.561. The van der Waals surface area contributed by atoms with Gasteiger partial charge < -0.3 is 19.9 Å². The Kier molecular flexibility index (Phi) is 6.12. The summed E-state index contributed by atoms with van der Waals surface area (Å²) in [5, 5.41) is 13.7. The van der Waals surface area contributed by atoms with Gasteiger partial charge in [0.05, 0.1) is 17.8 Å². The van der Waals surface area contributed by atoms with E-state index >= 15 is 0 Å². The molecule has 3 aromatic rings. The second-order valence-electron chi connectivity index (χ2n) is 8.28. The molecule has 2 N–H and O–H groups in total. The number of thiocarbonyl (C=S) groups is 1. The number of nitrogens with zero attached hydrogens (tertiary/aromatic N) is 3. The van der Waals surface area contributed by atoms with Gasteiger partial charge in [-0.15, -0.1) is 0 Å². The van der Waals surface area contributed by atoms with Crippen LogP contribution in [0.1, 0.15) is 52.3 Å². The number of aryl methyl sites for hydroxylation is 2. The van der Waals surface area contributed by atoms with Crippen molar-refractivity contribution in [2.24, 2.45) is 0 Å². The van der Waals surface area contributed by atoms with Crippen LogP contribution in [-0.2, 0) is 0 Å². The van der Waals surface area contributed by atoms with Crippen molar-refractivity contribution in [2.45, 2.75) is 46.2 Å². The summed E-state index contributed by atoms with van der Waals surface area (Å²) in [7, 11) is 0. The lowest BCUT2D eigenvalue weighted by molar-refractivity contribution is 0.247. The molecular weight excluding hydrogens is 404 g/mol. The average molecular weight is 435 g/mol. The van der Waals surface area contributed by atoms with E-state index in [1.54, 1.807) is 0 Å². The van der Waals surface area contributed by atoms with Crippen molar-refractivity contribution in [3.05, 3.63) is 82.4 Å². The summed E-state index contributed by atoms with van der Waals surface area (Å²) in [6.45, 7) is 9.52. The minimum atomic E-state index is -0.0417. The molecule has 1 fully saturated rings. The van der Waals surface area contributed by atoms with Crippen LogP contribution in [-0.4, -0.2) is 37.8 Å². The molecule has 0 spiro atoms. The molecule has 2 aromatic heterocycles. The zero-order valence-electron chi connectivity index (χ0n) is 18.6. The van der Waals surface area contributed by atoms with Crippen LogP contribution in [0.4, 0.5) is 0 Å². The van der Waals surface area contributed by atoms with Crippen LogP contribution in [0.25, 0.3) is 5.69 Å². The molecular formula is C25H30N4OS. The zero-order valence-corrected chi connectivity index (χ0v) is 19.4. The second kappa shape index (κ2) is 8.81. The second-order valence-corrected chi connectivity index (χ2v) is 8.66. The smallest absolute Gasteiger partial charge is 0.170 e. The molecule has 0 aliphatic carbocycles. The molecule has 0 saturated carbocycles. The summed E-state index contributed by atoms with van der Waals surface area (Å²) >= 11 is 5.72. The van der Waals surface area contributed by atoms with Gasteiger partial charge in [-0.25, -0.2) is 0 Å². The van der Waals surface area contributed by atoms with Crippen molar-refractivity contribution in [3.8, 4) is 5.69 Å². The van der Waals surface area contributed by atoms with E-state index in [9.17, 15) is 5.11 Å². The molecule has 5 nitrogen and oxygen atoms in total. The molecule has 1 aliphatic heterocycles. The number of pyridine rings is 1. The van der Waals surface area contributed by atoms with Crippen molar-refractivity contribution >= 4 is 17.3 Å². The molecule has 0 amide bonds. The molecule has 1 aliphatic rings. The number of benzene rings is 1. The number of hydrogen-bond acceptors (Lipinski definition) is 3. The van der Waals surface area contributed by atoms with Crippen LogP contribution in [0, 0.1) is 27.7 Å². The highest BCUT2D eigenvalue weighted by molar-refractivity contribution is 7.80. The van der Waals surface area contributed by atoms with E-state index in [1.165, 1.54) is 33.8 Å². The highest BCUT2D eigenvalue weighted by Gasteiger charge is 2.41. The molecule has 4 rings (SSSR count). The van der Waals surface area contributed by atoms with Crippen molar-refractivity contribution in [1.29, 1.82) is 0 Å². The third-order valence-electron chi connectivity index (χ3n) is 6.36. The van der Waals surface area contributed by atoms with Gasteiger partial charge in [0.2, 0.25) is 0 Å². The Balaban J connectivity index is 1.84. The molecule has 0 unspecified atom stereocenters. The van der Waals surface area contributed by atoms with Crippen molar-refractivity contribution in [2.75, 3.05) is 13.2 Å². The third kappa shape index (κ3) is 3.86. The van der Waals surface area contributed by atoms with Crippen molar-refractivity contribution in [1.82, 2.24) is 19.8 Å². The number of aromatic nitrogens is 2.